The van der Waals surface area contributed by atoms with E-state index in [1.807, 2.05) is 27.7 Å². The molecular weight excluding hydrogens is 451 g/mol. The van der Waals surface area contributed by atoms with Crippen molar-refractivity contribution in [3.63, 3.8) is 0 Å². The molecule has 9 heteroatoms. The van der Waals surface area contributed by atoms with E-state index in [2.05, 4.69) is 10.4 Å². The van der Waals surface area contributed by atoms with Crippen molar-refractivity contribution in [2.45, 2.75) is 40.7 Å². The third-order valence-corrected chi connectivity index (χ3v) is 5.00. The zero-order chi connectivity index (χ0) is 26.1. The topological polar surface area (TPSA) is 95.0 Å². The smallest absolute Gasteiger partial charge is 0.426 e. The Bertz CT molecular complexity index is 1210. The summed E-state index contributed by atoms with van der Waals surface area (Å²) < 4.78 is 18.7. The van der Waals surface area contributed by atoms with E-state index in [0.29, 0.717) is 10.8 Å². The Morgan fingerprint density at radius 1 is 1.17 bits per heavy atom. The number of nitrogens with zero attached hydrogens (tertiary/aromatic N) is 3. The SMILES string of the molecule is CC.CC.CN(C)NC(=O)OC1=c2cccnc2=C(O)C2=C(C1)CN(Cc1ccc(F)cc1)C2=O. The molecule has 2 heterocycles. The Labute approximate surface area is 205 Å². The Kier molecular flexibility index (Phi) is 9.96. The number of aliphatic hydroxyl groups excluding tert-OH is 1. The van der Waals surface area contributed by atoms with E-state index in [4.69, 9.17) is 4.74 Å². The molecule has 2 aliphatic rings. The van der Waals surface area contributed by atoms with Gasteiger partial charge in [0.2, 0.25) is 0 Å². The van der Waals surface area contributed by atoms with E-state index in [9.17, 15) is 19.1 Å². The molecule has 0 saturated heterocycles. The van der Waals surface area contributed by atoms with E-state index in [0.717, 1.165) is 5.56 Å². The van der Waals surface area contributed by atoms with E-state index >= 15 is 0 Å². The maximum absolute atomic E-state index is 13.2. The summed E-state index contributed by atoms with van der Waals surface area (Å²) in [6, 6.07) is 9.23. The largest absolute Gasteiger partial charge is 0.505 e. The standard InChI is InChI=1S/C22H21FN4O4.2C2H6/c1-26(2)25-22(30)31-17-10-14-12-27(11-13-5-7-15(23)8-6-13)21(29)18(14)20(28)19-16(17)4-3-9-24-19;2*1-2/h3-9,28H,10-12H2,1-2H3,(H,25,30);2*1-2H3. The van der Waals surface area contributed by atoms with Gasteiger partial charge in [-0.2, -0.15) is 0 Å². The third-order valence-electron chi connectivity index (χ3n) is 5.00. The first kappa shape index (κ1) is 27.5. The summed E-state index contributed by atoms with van der Waals surface area (Å²) >= 11 is 0. The number of carbonyl (C=O) groups excluding carboxylic acids is 2. The second kappa shape index (κ2) is 12.7. The van der Waals surface area contributed by atoms with Gasteiger partial charge in [-0.15, -0.1) is 0 Å². The van der Waals surface area contributed by atoms with E-state index < -0.39 is 6.09 Å². The van der Waals surface area contributed by atoms with Crippen LogP contribution in [0, 0.1) is 5.82 Å². The quantitative estimate of drug-likeness (QED) is 0.648. The molecule has 35 heavy (non-hydrogen) atoms. The Morgan fingerprint density at radius 2 is 1.83 bits per heavy atom. The van der Waals surface area contributed by atoms with Crippen LogP contribution >= 0.6 is 0 Å². The van der Waals surface area contributed by atoms with Gasteiger partial charge in [0.15, 0.2) is 5.76 Å². The summed E-state index contributed by atoms with van der Waals surface area (Å²) in [6.45, 7) is 8.50. The van der Waals surface area contributed by atoms with Crippen LogP contribution in [-0.2, 0) is 16.1 Å². The molecule has 1 aliphatic carbocycles. The molecule has 188 valence electrons. The molecule has 2 aromatic rings. The van der Waals surface area contributed by atoms with Crippen LogP contribution in [0.5, 0.6) is 0 Å². The number of carbonyl (C=O) groups is 2. The molecule has 8 nitrogen and oxygen atoms in total. The first-order valence-electron chi connectivity index (χ1n) is 11.6. The van der Waals surface area contributed by atoms with Crippen molar-refractivity contribution in [1.82, 2.24) is 20.3 Å². The monoisotopic (exact) mass is 484 g/mol. The molecule has 1 aromatic heterocycles. The lowest BCUT2D eigenvalue weighted by atomic mass is 10.1. The average molecular weight is 485 g/mol. The number of hydrogen-bond donors (Lipinski definition) is 2. The van der Waals surface area contributed by atoms with Crippen LogP contribution in [0.1, 0.15) is 39.7 Å². The number of pyridine rings is 1. The van der Waals surface area contributed by atoms with Crippen LogP contribution in [-0.4, -0.2) is 52.6 Å². The van der Waals surface area contributed by atoms with Gasteiger partial charge in [-0.25, -0.2) is 14.2 Å². The fourth-order valence-corrected chi connectivity index (χ4v) is 3.68. The Balaban J connectivity index is 0.00000103. The van der Waals surface area contributed by atoms with Crippen LogP contribution in [0.3, 0.4) is 0 Å². The molecule has 4 rings (SSSR count). The number of benzene rings is 1. The number of halogens is 1. The molecule has 0 radical (unpaired) electrons. The van der Waals surface area contributed by atoms with Crippen molar-refractivity contribution in [3.05, 3.63) is 75.7 Å². The minimum Gasteiger partial charge on any atom is -0.505 e. The van der Waals surface area contributed by atoms with E-state index in [1.54, 1.807) is 43.3 Å². The highest BCUT2D eigenvalue weighted by Crippen LogP contribution is 2.31. The number of hydrazine groups is 1. The van der Waals surface area contributed by atoms with Gasteiger partial charge in [-0.05, 0) is 35.4 Å². The maximum Gasteiger partial charge on any atom is 0.426 e. The summed E-state index contributed by atoms with van der Waals surface area (Å²) in [6.07, 6.45) is 0.962. The Morgan fingerprint density at radius 3 is 2.46 bits per heavy atom. The second-order valence-electron chi connectivity index (χ2n) is 7.51. The van der Waals surface area contributed by atoms with E-state index in [-0.39, 0.29) is 53.7 Å². The number of ether oxygens (including phenoxy) is 1. The number of amides is 2. The van der Waals surface area contributed by atoms with Crippen molar-refractivity contribution >= 4 is 23.5 Å². The summed E-state index contributed by atoms with van der Waals surface area (Å²) in [5.74, 6) is -0.668. The molecule has 0 bridgehead atoms. The highest BCUT2D eigenvalue weighted by Gasteiger charge is 2.35. The third kappa shape index (κ3) is 6.45. The number of rotatable bonds is 4. The van der Waals surface area contributed by atoms with Gasteiger partial charge >= 0.3 is 6.09 Å². The molecule has 0 unspecified atom stereocenters. The van der Waals surface area contributed by atoms with Gasteiger partial charge in [-0.1, -0.05) is 39.8 Å². The molecule has 2 N–H and O–H groups in total. The number of hydrogen-bond acceptors (Lipinski definition) is 6. The van der Waals surface area contributed by atoms with Crippen LogP contribution in [0.25, 0.3) is 11.5 Å². The fraction of sp³-hybridized carbons (Fsp3) is 0.346. The van der Waals surface area contributed by atoms with Crippen molar-refractivity contribution in [1.29, 1.82) is 0 Å². The van der Waals surface area contributed by atoms with Gasteiger partial charge < -0.3 is 14.7 Å². The van der Waals surface area contributed by atoms with Crippen molar-refractivity contribution in [2.75, 3.05) is 20.6 Å². The zero-order valence-corrected chi connectivity index (χ0v) is 21.1. The van der Waals surface area contributed by atoms with Crippen molar-refractivity contribution < 1.29 is 23.8 Å². The molecule has 0 saturated carbocycles. The minimum atomic E-state index is -0.689. The van der Waals surface area contributed by atoms with Crippen LogP contribution in [0.15, 0.2) is 53.7 Å². The maximum atomic E-state index is 13.2. The zero-order valence-electron chi connectivity index (χ0n) is 21.1. The highest BCUT2D eigenvalue weighted by atomic mass is 19.1. The molecule has 0 fully saturated rings. The number of aliphatic hydroxyl groups is 1. The lowest BCUT2D eigenvalue weighted by molar-refractivity contribution is -0.125. The van der Waals surface area contributed by atoms with E-state index in [1.165, 1.54) is 23.3 Å². The first-order valence-corrected chi connectivity index (χ1v) is 11.6. The lowest BCUT2D eigenvalue weighted by Crippen LogP contribution is -2.39. The molecule has 0 atom stereocenters. The summed E-state index contributed by atoms with van der Waals surface area (Å²) in [5.41, 5.74) is 4.05. The number of fused-ring (bicyclic) bond motifs is 1. The van der Waals surface area contributed by atoms with Crippen LogP contribution in [0.4, 0.5) is 9.18 Å². The fourth-order valence-electron chi connectivity index (χ4n) is 3.68. The van der Waals surface area contributed by atoms with Gasteiger partial charge in [0.25, 0.3) is 5.91 Å². The number of aromatic nitrogens is 1. The van der Waals surface area contributed by atoms with Gasteiger partial charge in [-0.3, -0.25) is 15.2 Å². The average Bonchev–Trinajstić information content (AvgIpc) is 3.10. The highest BCUT2D eigenvalue weighted by molar-refractivity contribution is 6.07. The summed E-state index contributed by atoms with van der Waals surface area (Å²) in [5, 5.41) is 13.0. The molecular formula is C26H33FN4O4. The summed E-state index contributed by atoms with van der Waals surface area (Å²) in [7, 11) is 3.30. The second-order valence-corrected chi connectivity index (χ2v) is 7.51. The van der Waals surface area contributed by atoms with Gasteiger partial charge in [0, 0.05) is 45.0 Å². The molecule has 1 aliphatic heterocycles. The van der Waals surface area contributed by atoms with Gasteiger partial charge in [0.1, 0.15) is 16.9 Å². The predicted octanol–water partition coefficient (Wildman–Crippen LogP) is 2.99. The van der Waals surface area contributed by atoms with Crippen molar-refractivity contribution in [2.24, 2.45) is 0 Å². The normalized spacial score (nSPS) is 14.3. The van der Waals surface area contributed by atoms with Crippen LogP contribution < -0.4 is 16.0 Å². The molecule has 2 amide bonds. The summed E-state index contributed by atoms with van der Waals surface area (Å²) in [4.78, 5) is 31.1. The van der Waals surface area contributed by atoms with Gasteiger partial charge in [0.05, 0.1) is 5.57 Å². The minimum absolute atomic E-state index is 0.157. The lowest BCUT2D eigenvalue weighted by Gasteiger charge is -2.18. The Hall–Kier alpha value is -3.72. The molecule has 0 spiro atoms. The molecule has 1 aromatic carbocycles. The predicted molar refractivity (Wildman–Crippen MR) is 132 cm³/mol. The number of nitrogens with one attached hydrogen (secondary N) is 1. The first-order chi connectivity index (χ1) is 16.8. The van der Waals surface area contributed by atoms with Crippen molar-refractivity contribution in [3.8, 4) is 0 Å². The van der Waals surface area contributed by atoms with Crippen LogP contribution in [0.2, 0.25) is 0 Å².